The van der Waals surface area contributed by atoms with Gasteiger partial charge in [0, 0.05) is 44.2 Å². The summed E-state index contributed by atoms with van der Waals surface area (Å²) in [4.78, 5) is 26.8. The highest BCUT2D eigenvalue weighted by atomic mass is 19.1. The Morgan fingerprint density at radius 1 is 1.21 bits per heavy atom. The third-order valence-electron chi connectivity index (χ3n) is 5.78. The third kappa shape index (κ3) is 5.22. The van der Waals surface area contributed by atoms with E-state index in [1.165, 1.54) is 18.9 Å². The van der Waals surface area contributed by atoms with Gasteiger partial charge >= 0.3 is 0 Å². The van der Waals surface area contributed by atoms with E-state index in [4.69, 9.17) is 0 Å². The van der Waals surface area contributed by atoms with Crippen LogP contribution >= 0.6 is 0 Å². The Morgan fingerprint density at radius 3 is 2.79 bits per heavy atom. The molecule has 1 aliphatic heterocycles. The zero-order valence-electron chi connectivity index (χ0n) is 16.5. The Hall–Kier alpha value is -2.70. The normalized spacial score (nSPS) is 19.2. The standard InChI is InChI=1S/C22H27FN4O2/c23-20-6-2-1-5-18(20)12-24-21(28)10-17-4-3-9-26(14-17)19-11-22(29)27(25-13-19)15-16-7-8-16/h1-2,5-6,11,13,16-17H,3-4,7-10,12,14-15H2,(H,24,28). The highest BCUT2D eigenvalue weighted by molar-refractivity contribution is 5.76. The van der Waals surface area contributed by atoms with Crippen LogP contribution in [0.4, 0.5) is 10.1 Å². The number of halogens is 1. The molecular formula is C22H27FN4O2. The van der Waals surface area contributed by atoms with E-state index in [9.17, 15) is 14.0 Å². The molecule has 2 fully saturated rings. The second kappa shape index (κ2) is 8.76. The molecule has 1 atom stereocenters. The van der Waals surface area contributed by atoms with Gasteiger partial charge in [-0.05, 0) is 43.6 Å². The average Bonchev–Trinajstić information content (AvgIpc) is 3.53. The van der Waals surface area contributed by atoms with Gasteiger partial charge < -0.3 is 10.2 Å². The number of hydrogen-bond acceptors (Lipinski definition) is 4. The highest BCUT2D eigenvalue weighted by Crippen LogP contribution is 2.30. The number of hydrogen-bond donors (Lipinski definition) is 1. The second-order valence-corrected chi connectivity index (χ2v) is 8.20. The van der Waals surface area contributed by atoms with Gasteiger partial charge in [-0.1, -0.05) is 18.2 Å². The number of nitrogens with one attached hydrogen (secondary N) is 1. The summed E-state index contributed by atoms with van der Waals surface area (Å²) in [5.41, 5.74) is 1.27. The lowest BCUT2D eigenvalue weighted by atomic mass is 9.94. The number of anilines is 1. The van der Waals surface area contributed by atoms with E-state index in [1.807, 2.05) is 0 Å². The molecule has 1 aromatic heterocycles. The fourth-order valence-electron chi connectivity index (χ4n) is 3.92. The fraction of sp³-hybridized carbons (Fsp3) is 0.500. The number of rotatable bonds is 7. The molecule has 2 aromatic rings. The summed E-state index contributed by atoms with van der Waals surface area (Å²) in [5.74, 6) is 0.435. The molecule has 7 heteroatoms. The number of carbonyl (C=O) groups excluding carboxylic acids is 1. The first-order valence-corrected chi connectivity index (χ1v) is 10.4. The zero-order valence-corrected chi connectivity index (χ0v) is 16.5. The van der Waals surface area contributed by atoms with Crippen molar-refractivity contribution < 1.29 is 9.18 Å². The van der Waals surface area contributed by atoms with E-state index in [0.29, 0.717) is 24.4 Å². The minimum Gasteiger partial charge on any atom is -0.370 e. The lowest BCUT2D eigenvalue weighted by molar-refractivity contribution is -0.122. The number of piperidine rings is 1. The molecule has 6 nitrogen and oxygen atoms in total. The maximum absolute atomic E-state index is 13.7. The molecule has 0 radical (unpaired) electrons. The summed E-state index contributed by atoms with van der Waals surface area (Å²) in [6.07, 6.45) is 6.47. The lowest BCUT2D eigenvalue weighted by Gasteiger charge is -2.34. The van der Waals surface area contributed by atoms with Crippen molar-refractivity contribution in [3.63, 3.8) is 0 Å². The maximum Gasteiger partial charge on any atom is 0.268 e. The SMILES string of the molecule is O=C(CC1CCCN(c2cnn(CC3CC3)c(=O)c2)C1)NCc1ccccc1F. The average molecular weight is 398 g/mol. The summed E-state index contributed by atoms with van der Waals surface area (Å²) in [6, 6.07) is 8.13. The molecule has 2 heterocycles. The van der Waals surface area contributed by atoms with E-state index in [2.05, 4.69) is 15.3 Å². The van der Waals surface area contributed by atoms with Gasteiger partial charge in [0.15, 0.2) is 0 Å². The molecule has 1 aromatic carbocycles. The van der Waals surface area contributed by atoms with Crippen molar-refractivity contribution in [1.29, 1.82) is 0 Å². The Kier molecular flexibility index (Phi) is 5.92. The fourth-order valence-corrected chi connectivity index (χ4v) is 3.92. The van der Waals surface area contributed by atoms with E-state index in [0.717, 1.165) is 31.6 Å². The van der Waals surface area contributed by atoms with Crippen LogP contribution in [0.2, 0.25) is 0 Å². The molecule has 0 bridgehead atoms. The van der Waals surface area contributed by atoms with Crippen molar-refractivity contribution >= 4 is 11.6 Å². The summed E-state index contributed by atoms with van der Waals surface area (Å²) in [5, 5.41) is 7.16. The van der Waals surface area contributed by atoms with Crippen molar-refractivity contribution in [2.24, 2.45) is 11.8 Å². The van der Waals surface area contributed by atoms with Crippen LogP contribution in [-0.2, 0) is 17.9 Å². The molecule has 1 N–H and O–H groups in total. The van der Waals surface area contributed by atoms with Gasteiger partial charge in [-0.15, -0.1) is 0 Å². The Balaban J connectivity index is 1.31. The first-order valence-electron chi connectivity index (χ1n) is 10.4. The van der Waals surface area contributed by atoms with Gasteiger partial charge in [0.05, 0.1) is 11.9 Å². The van der Waals surface area contributed by atoms with E-state index in [1.54, 1.807) is 35.1 Å². The molecule has 1 amide bonds. The largest absolute Gasteiger partial charge is 0.370 e. The smallest absolute Gasteiger partial charge is 0.268 e. The summed E-state index contributed by atoms with van der Waals surface area (Å²) in [7, 11) is 0. The predicted octanol–water partition coefficient (Wildman–Crippen LogP) is 2.72. The predicted molar refractivity (Wildman–Crippen MR) is 109 cm³/mol. The molecule has 4 rings (SSSR count). The Morgan fingerprint density at radius 2 is 2.03 bits per heavy atom. The van der Waals surface area contributed by atoms with Crippen LogP contribution in [0.3, 0.4) is 0 Å². The number of aromatic nitrogens is 2. The van der Waals surface area contributed by atoms with Crippen LogP contribution in [0, 0.1) is 17.7 Å². The van der Waals surface area contributed by atoms with Crippen molar-refractivity contribution in [3.05, 3.63) is 58.3 Å². The van der Waals surface area contributed by atoms with Gasteiger partial charge in [0.2, 0.25) is 5.91 Å². The van der Waals surface area contributed by atoms with E-state index >= 15 is 0 Å². The molecule has 0 spiro atoms. The van der Waals surface area contributed by atoms with Crippen molar-refractivity contribution in [1.82, 2.24) is 15.1 Å². The molecule has 2 aliphatic rings. The molecule has 1 unspecified atom stereocenters. The van der Waals surface area contributed by atoms with Crippen LogP contribution < -0.4 is 15.8 Å². The Bertz CT molecular complexity index is 925. The van der Waals surface area contributed by atoms with Gasteiger partial charge in [-0.25, -0.2) is 9.07 Å². The van der Waals surface area contributed by atoms with Crippen molar-refractivity contribution in [2.45, 2.75) is 45.2 Å². The minimum absolute atomic E-state index is 0.0563. The number of nitrogens with zero attached hydrogens (tertiary/aromatic N) is 3. The van der Waals surface area contributed by atoms with Gasteiger partial charge in [-0.2, -0.15) is 5.10 Å². The van der Waals surface area contributed by atoms with E-state index < -0.39 is 0 Å². The maximum atomic E-state index is 13.7. The summed E-state index contributed by atoms with van der Waals surface area (Å²) >= 11 is 0. The van der Waals surface area contributed by atoms with Gasteiger partial charge in [-0.3, -0.25) is 9.59 Å². The first kappa shape index (κ1) is 19.6. The third-order valence-corrected chi connectivity index (χ3v) is 5.78. The van der Waals surface area contributed by atoms with E-state index in [-0.39, 0.29) is 29.7 Å². The summed E-state index contributed by atoms with van der Waals surface area (Å²) in [6.45, 7) is 2.50. The lowest BCUT2D eigenvalue weighted by Crippen LogP contribution is -2.39. The second-order valence-electron chi connectivity index (χ2n) is 8.20. The van der Waals surface area contributed by atoms with Gasteiger partial charge in [0.25, 0.3) is 5.56 Å². The number of carbonyl (C=O) groups is 1. The van der Waals surface area contributed by atoms with Crippen LogP contribution in [0.25, 0.3) is 0 Å². The van der Waals surface area contributed by atoms with Crippen LogP contribution in [-0.4, -0.2) is 28.8 Å². The highest BCUT2D eigenvalue weighted by Gasteiger charge is 2.25. The number of benzene rings is 1. The summed E-state index contributed by atoms with van der Waals surface area (Å²) < 4.78 is 15.2. The Labute approximate surface area is 169 Å². The van der Waals surface area contributed by atoms with Crippen LogP contribution in [0.1, 0.15) is 37.7 Å². The van der Waals surface area contributed by atoms with Crippen molar-refractivity contribution in [3.8, 4) is 0 Å². The zero-order chi connectivity index (χ0) is 20.2. The minimum atomic E-state index is -0.305. The molecule has 1 aliphatic carbocycles. The topological polar surface area (TPSA) is 67.2 Å². The molecule has 1 saturated heterocycles. The monoisotopic (exact) mass is 398 g/mol. The van der Waals surface area contributed by atoms with Gasteiger partial charge in [0.1, 0.15) is 5.82 Å². The number of amides is 1. The molecule has 154 valence electrons. The van der Waals surface area contributed by atoms with Crippen LogP contribution in [0.15, 0.2) is 41.3 Å². The molecule has 1 saturated carbocycles. The molecule has 29 heavy (non-hydrogen) atoms. The quantitative estimate of drug-likeness (QED) is 0.779. The first-order chi connectivity index (χ1) is 14.1. The van der Waals surface area contributed by atoms with Crippen LogP contribution in [0.5, 0.6) is 0 Å². The van der Waals surface area contributed by atoms with Crippen molar-refractivity contribution in [2.75, 3.05) is 18.0 Å². The molecular weight excluding hydrogens is 371 g/mol.